The first-order chi connectivity index (χ1) is 6.25. The maximum absolute atomic E-state index is 13.2. The molecule has 1 nitrogen and oxygen atoms in total. The van der Waals surface area contributed by atoms with Gasteiger partial charge in [-0.15, -0.1) is 0 Å². The molecule has 1 rings (SSSR count). The minimum atomic E-state index is -0.418. The number of aliphatic hydroxyl groups excluding tert-OH is 1. The zero-order chi connectivity index (χ0) is 9.68. The van der Waals surface area contributed by atoms with Gasteiger partial charge in [-0.25, -0.2) is 4.39 Å². The SMILES string of the molecule is OCCC=Cc1cccc(Cl)c1F. The molecule has 0 radical (unpaired) electrons. The number of benzene rings is 1. The van der Waals surface area contributed by atoms with Crippen LogP contribution in [0.1, 0.15) is 12.0 Å². The van der Waals surface area contributed by atoms with E-state index in [9.17, 15) is 4.39 Å². The predicted octanol–water partition coefficient (Wildman–Crippen LogP) is 2.87. The van der Waals surface area contributed by atoms with Crippen molar-refractivity contribution in [2.45, 2.75) is 6.42 Å². The van der Waals surface area contributed by atoms with E-state index in [4.69, 9.17) is 16.7 Å². The molecule has 0 amide bonds. The number of halogens is 2. The summed E-state index contributed by atoms with van der Waals surface area (Å²) in [5.74, 6) is -0.418. The van der Waals surface area contributed by atoms with Gasteiger partial charge >= 0.3 is 0 Å². The van der Waals surface area contributed by atoms with Gasteiger partial charge in [0, 0.05) is 12.2 Å². The Kier molecular flexibility index (Phi) is 3.93. The van der Waals surface area contributed by atoms with Crippen molar-refractivity contribution in [2.75, 3.05) is 6.61 Å². The molecule has 70 valence electrons. The van der Waals surface area contributed by atoms with Gasteiger partial charge in [0.25, 0.3) is 0 Å². The highest BCUT2D eigenvalue weighted by Gasteiger charge is 2.01. The van der Waals surface area contributed by atoms with Crippen molar-refractivity contribution in [3.63, 3.8) is 0 Å². The van der Waals surface area contributed by atoms with Crippen LogP contribution < -0.4 is 0 Å². The van der Waals surface area contributed by atoms with E-state index < -0.39 is 5.82 Å². The summed E-state index contributed by atoms with van der Waals surface area (Å²) in [6.45, 7) is 0.0681. The molecule has 0 heterocycles. The van der Waals surface area contributed by atoms with Crippen LogP contribution in [-0.4, -0.2) is 11.7 Å². The van der Waals surface area contributed by atoms with Gasteiger partial charge in [-0.05, 0) is 12.5 Å². The van der Waals surface area contributed by atoms with Gasteiger partial charge in [0.05, 0.1) is 5.02 Å². The van der Waals surface area contributed by atoms with Crippen molar-refractivity contribution in [2.24, 2.45) is 0 Å². The van der Waals surface area contributed by atoms with E-state index in [1.165, 1.54) is 6.07 Å². The highest BCUT2D eigenvalue weighted by atomic mass is 35.5. The fourth-order valence-electron chi connectivity index (χ4n) is 0.934. The molecule has 0 saturated heterocycles. The van der Waals surface area contributed by atoms with Crippen LogP contribution in [0, 0.1) is 5.82 Å². The highest BCUT2D eigenvalue weighted by Crippen LogP contribution is 2.18. The monoisotopic (exact) mass is 200 g/mol. The molecule has 0 spiro atoms. The molecular formula is C10H10ClFO. The smallest absolute Gasteiger partial charge is 0.148 e. The van der Waals surface area contributed by atoms with Gasteiger partial charge in [-0.3, -0.25) is 0 Å². The molecule has 13 heavy (non-hydrogen) atoms. The first-order valence-corrected chi connectivity index (χ1v) is 4.35. The molecule has 0 unspecified atom stereocenters. The lowest BCUT2D eigenvalue weighted by atomic mass is 10.2. The van der Waals surface area contributed by atoms with E-state index in [0.717, 1.165) is 0 Å². The van der Waals surface area contributed by atoms with E-state index in [1.54, 1.807) is 24.3 Å². The third-order valence-electron chi connectivity index (χ3n) is 1.57. The molecule has 0 bridgehead atoms. The molecule has 1 N–H and O–H groups in total. The van der Waals surface area contributed by atoms with Crippen molar-refractivity contribution in [3.8, 4) is 0 Å². The van der Waals surface area contributed by atoms with Crippen LogP contribution in [-0.2, 0) is 0 Å². The Bertz CT molecular complexity index is 310. The van der Waals surface area contributed by atoms with E-state index in [0.29, 0.717) is 12.0 Å². The lowest BCUT2D eigenvalue weighted by Gasteiger charge is -1.97. The lowest BCUT2D eigenvalue weighted by Crippen LogP contribution is -1.83. The summed E-state index contributed by atoms with van der Waals surface area (Å²) in [6, 6.07) is 4.82. The van der Waals surface area contributed by atoms with Gasteiger partial charge < -0.3 is 5.11 Å². The van der Waals surface area contributed by atoms with Crippen molar-refractivity contribution in [1.82, 2.24) is 0 Å². The molecule has 1 aromatic rings. The van der Waals surface area contributed by atoms with Crippen LogP contribution in [0.15, 0.2) is 24.3 Å². The average Bonchev–Trinajstić information content (AvgIpc) is 2.13. The molecule has 1 aromatic carbocycles. The fourth-order valence-corrected chi connectivity index (χ4v) is 1.12. The zero-order valence-corrected chi connectivity index (χ0v) is 7.76. The standard InChI is InChI=1S/C10H10ClFO/c11-9-6-3-5-8(10(9)12)4-1-2-7-13/h1,3-6,13H,2,7H2. The zero-order valence-electron chi connectivity index (χ0n) is 7.00. The molecule has 0 aliphatic heterocycles. The Morgan fingerprint density at radius 2 is 2.23 bits per heavy atom. The average molecular weight is 201 g/mol. The highest BCUT2D eigenvalue weighted by molar-refractivity contribution is 6.30. The minimum Gasteiger partial charge on any atom is -0.396 e. The third kappa shape index (κ3) is 2.83. The van der Waals surface area contributed by atoms with Gasteiger partial charge in [0.15, 0.2) is 0 Å². The van der Waals surface area contributed by atoms with E-state index in [-0.39, 0.29) is 11.6 Å². The molecule has 0 aromatic heterocycles. The lowest BCUT2D eigenvalue weighted by molar-refractivity contribution is 0.303. The molecule has 0 aliphatic carbocycles. The van der Waals surface area contributed by atoms with Crippen LogP contribution in [0.25, 0.3) is 6.08 Å². The Balaban J connectivity index is 2.83. The van der Waals surface area contributed by atoms with Crippen LogP contribution in [0.4, 0.5) is 4.39 Å². The van der Waals surface area contributed by atoms with Crippen LogP contribution in [0.5, 0.6) is 0 Å². The molecular weight excluding hydrogens is 191 g/mol. The summed E-state index contributed by atoms with van der Waals surface area (Å²) in [5.41, 5.74) is 0.445. The molecule has 0 aliphatic rings. The third-order valence-corrected chi connectivity index (χ3v) is 1.87. The summed E-state index contributed by atoms with van der Waals surface area (Å²) < 4.78 is 13.2. The maximum atomic E-state index is 13.2. The van der Waals surface area contributed by atoms with Crippen molar-refractivity contribution >= 4 is 17.7 Å². The Morgan fingerprint density at radius 1 is 1.46 bits per heavy atom. The van der Waals surface area contributed by atoms with Crippen molar-refractivity contribution < 1.29 is 9.50 Å². The Hall–Kier alpha value is -0.860. The van der Waals surface area contributed by atoms with Crippen molar-refractivity contribution in [1.29, 1.82) is 0 Å². The predicted molar refractivity (Wildman–Crippen MR) is 52.1 cm³/mol. The second-order valence-corrected chi connectivity index (χ2v) is 2.96. The molecule has 0 atom stereocenters. The summed E-state index contributed by atoms with van der Waals surface area (Å²) in [7, 11) is 0. The fraction of sp³-hybridized carbons (Fsp3) is 0.200. The van der Waals surface area contributed by atoms with Gasteiger partial charge in [-0.2, -0.15) is 0 Å². The topological polar surface area (TPSA) is 20.2 Å². The van der Waals surface area contributed by atoms with Gasteiger partial charge in [0.2, 0.25) is 0 Å². The minimum absolute atomic E-state index is 0.0681. The normalized spacial score (nSPS) is 11.0. The molecule has 0 fully saturated rings. The summed E-state index contributed by atoms with van der Waals surface area (Å²) in [6.07, 6.45) is 3.83. The number of hydrogen-bond acceptors (Lipinski definition) is 1. The Labute approximate surface area is 81.5 Å². The second kappa shape index (κ2) is 5.00. The molecule has 0 saturated carbocycles. The quantitative estimate of drug-likeness (QED) is 0.796. The van der Waals surface area contributed by atoms with Crippen LogP contribution in [0.2, 0.25) is 5.02 Å². The number of rotatable bonds is 3. The molecule has 3 heteroatoms. The van der Waals surface area contributed by atoms with Gasteiger partial charge in [-0.1, -0.05) is 35.9 Å². The largest absolute Gasteiger partial charge is 0.396 e. The van der Waals surface area contributed by atoms with Crippen molar-refractivity contribution in [3.05, 3.63) is 40.7 Å². The van der Waals surface area contributed by atoms with Crippen LogP contribution >= 0.6 is 11.6 Å². The first-order valence-electron chi connectivity index (χ1n) is 3.97. The first kappa shape index (κ1) is 10.2. The number of hydrogen-bond donors (Lipinski definition) is 1. The summed E-state index contributed by atoms with van der Waals surface area (Å²) >= 11 is 5.57. The summed E-state index contributed by atoms with van der Waals surface area (Å²) in [5, 5.41) is 8.61. The van der Waals surface area contributed by atoms with E-state index in [2.05, 4.69) is 0 Å². The van der Waals surface area contributed by atoms with E-state index >= 15 is 0 Å². The van der Waals surface area contributed by atoms with Gasteiger partial charge in [0.1, 0.15) is 5.82 Å². The number of aliphatic hydroxyl groups is 1. The van der Waals surface area contributed by atoms with Crippen LogP contribution in [0.3, 0.4) is 0 Å². The maximum Gasteiger partial charge on any atom is 0.148 e. The second-order valence-electron chi connectivity index (χ2n) is 2.56. The van der Waals surface area contributed by atoms with E-state index in [1.807, 2.05) is 0 Å². The summed E-state index contributed by atoms with van der Waals surface area (Å²) in [4.78, 5) is 0. The Morgan fingerprint density at radius 3 is 2.92 bits per heavy atom.